The van der Waals surface area contributed by atoms with Crippen molar-refractivity contribution in [1.82, 2.24) is 14.6 Å². The lowest BCUT2D eigenvalue weighted by Crippen LogP contribution is -2.09. The average molecular weight is 459 g/mol. The molecule has 152 valence electrons. The van der Waals surface area contributed by atoms with Gasteiger partial charge in [0, 0.05) is 22.0 Å². The Morgan fingerprint density at radius 3 is 2.80 bits per heavy atom. The lowest BCUT2D eigenvalue weighted by atomic mass is 10.2. The molecule has 4 rings (SSSR count). The van der Waals surface area contributed by atoms with Crippen molar-refractivity contribution in [3.05, 3.63) is 69.5 Å². The lowest BCUT2D eigenvalue weighted by molar-refractivity contribution is -0.111. The molecule has 30 heavy (non-hydrogen) atoms. The van der Waals surface area contributed by atoms with Crippen LogP contribution in [0.15, 0.2) is 53.9 Å². The standard InChI is InChI=1S/C21H16Cl2N4O2S/c1-2-29-15-7-3-13(4-8-15)5-10-19(28)24-20-25-21-27(26-20)18(12-30-21)16-11-14(22)6-9-17(16)23/h3-12H,2H2,1H3,(H,24,26,28)/b10-5+. The minimum absolute atomic E-state index is 0.211. The highest BCUT2D eigenvalue weighted by molar-refractivity contribution is 7.15. The molecule has 9 heteroatoms. The number of halogens is 2. The van der Waals surface area contributed by atoms with Crippen LogP contribution in [0.4, 0.5) is 5.95 Å². The van der Waals surface area contributed by atoms with Gasteiger partial charge in [-0.2, -0.15) is 4.98 Å². The Bertz CT molecular complexity index is 1230. The number of rotatable bonds is 6. The molecule has 4 aromatic rings. The first-order chi connectivity index (χ1) is 14.5. The van der Waals surface area contributed by atoms with E-state index in [4.69, 9.17) is 27.9 Å². The maximum absolute atomic E-state index is 12.3. The molecule has 6 nitrogen and oxygen atoms in total. The van der Waals surface area contributed by atoms with Gasteiger partial charge >= 0.3 is 0 Å². The highest BCUT2D eigenvalue weighted by atomic mass is 35.5. The molecule has 0 aliphatic carbocycles. The van der Waals surface area contributed by atoms with E-state index >= 15 is 0 Å². The maximum atomic E-state index is 12.3. The fourth-order valence-electron chi connectivity index (χ4n) is 2.78. The Kier molecular flexibility index (Phi) is 6.03. The van der Waals surface area contributed by atoms with Crippen LogP contribution in [0.3, 0.4) is 0 Å². The number of ether oxygens (including phenoxy) is 1. The van der Waals surface area contributed by atoms with Gasteiger partial charge in [0.25, 0.3) is 11.9 Å². The monoisotopic (exact) mass is 458 g/mol. The number of thiazole rings is 1. The summed E-state index contributed by atoms with van der Waals surface area (Å²) in [7, 11) is 0. The second-order valence-corrected chi connectivity index (χ2v) is 7.88. The molecule has 0 saturated heterocycles. The fraction of sp³-hybridized carbons (Fsp3) is 0.0952. The number of carbonyl (C=O) groups excluding carboxylic acids is 1. The number of hydrogen-bond donors (Lipinski definition) is 1. The number of hydrogen-bond acceptors (Lipinski definition) is 5. The van der Waals surface area contributed by atoms with Crippen molar-refractivity contribution in [2.45, 2.75) is 6.92 Å². The van der Waals surface area contributed by atoms with Crippen LogP contribution in [0, 0.1) is 0 Å². The van der Waals surface area contributed by atoms with Gasteiger partial charge in [-0.3, -0.25) is 10.1 Å². The van der Waals surface area contributed by atoms with E-state index in [0.29, 0.717) is 21.6 Å². The summed E-state index contributed by atoms with van der Waals surface area (Å²) in [6, 6.07) is 12.7. The predicted octanol–water partition coefficient (Wildman–Crippen LogP) is 5.82. The Morgan fingerprint density at radius 1 is 1.23 bits per heavy atom. The van der Waals surface area contributed by atoms with Gasteiger partial charge in [-0.25, -0.2) is 4.52 Å². The molecule has 2 aromatic carbocycles. The Balaban J connectivity index is 1.49. The highest BCUT2D eigenvalue weighted by Gasteiger charge is 2.15. The normalized spacial score (nSPS) is 11.3. The number of carbonyl (C=O) groups is 1. The third-order valence-corrected chi connectivity index (χ3v) is 5.52. The van der Waals surface area contributed by atoms with Crippen molar-refractivity contribution in [3.63, 3.8) is 0 Å². The average Bonchev–Trinajstić information content (AvgIpc) is 3.30. The lowest BCUT2D eigenvalue weighted by Gasteiger charge is -2.03. The topological polar surface area (TPSA) is 68.5 Å². The summed E-state index contributed by atoms with van der Waals surface area (Å²) < 4.78 is 7.04. The second-order valence-electron chi connectivity index (χ2n) is 6.20. The smallest absolute Gasteiger partial charge is 0.250 e. The third kappa shape index (κ3) is 4.48. The largest absolute Gasteiger partial charge is 0.494 e. The van der Waals surface area contributed by atoms with Crippen molar-refractivity contribution in [2.75, 3.05) is 11.9 Å². The first-order valence-electron chi connectivity index (χ1n) is 9.05. The van der Waals surface area contributed by atoms with Gasteiger partial charge in [0.15, 0.2) is 0 Å². The molecule has 0 aliphatic rings. The van der Waals surface area contributed by atoms with E-state index in [1.165, 1.54) is 17.4 Å². The number of anilines is 1. The molecule has 0 radical (unpaired) electrons. The zero-order chi connectivity index (χ0) is 21.1. The Morgan fingerprint density at radius 2 is 2.03 bits per heavy atom. The molecule has 0 aliphatic heterocycles. The summed E-state index contributed by atoms with van der Waals surface area (Å²) in [5, 5.41) is 10.1. The van der Waals surface area contributed by atoms with Gasteiger partial charge in [0.1, 0.15) is 5.75 Å². The van der Waals surface area contributed by atoms with Crippen LogP contribution in [0.5, 0.6) is 5.75 Å². The van der Waals surface area contributed by atoms with E-state index in [9.17, 15) is 4.79 Å². The molecule has 0 saturated carbocycles. The molecule has 0 fully saturated rings. The molecule has 0 unspecified atom stereocenters. The minimum Gasteiger partial charge on any atom is -0.494 e. The van der Waals surface area contributed by atoms with E-state index in [1.54, 1.807) is 28.8 Å². The van der Waals surface area contributed by atoms with Gasteiger partial charge in [-0.1, -0.05) is 35.3 Å². The summed E-state index contributed by atoms with van der Waals surface area (Å²) in [6.07, 6.45) is 3.14. The van der Waals surface area contributed by atoms with Crippen LogP contribution < -0.4 is 10.1 Å². The number of fused-ring (bicyclic) bond motifs is 1. The van der Waals surface area contributed by atoms with E-state index in [0.717, 1.165) is 22.6 Å². The zero-order valence-electron chi connectivity index (χ0n) is 15.8. The zero-order valence-corrected chi connectivity index (χ0v) is 18.1. The van der Waals surface area contributed by atoms with Gasteiger partial charge in [-0.05, 0) is 48.9 Å². The highest BCUT2D eigenvalue weighted by Crippen LogP contribution is 2.33. The quantitative estimate of drug-likeness (QED) is 0.369. The summed E-state index contributed by atoms with van der Waals surface area (Å²) in [6.45, 7) is 2.54. The van der Waals surface area contributed by atoms with Gasteiger partial charge in [-0.15, -0.1) is 16.4 Å². The number of aromatic nitrogens is 3. The summed E-state index contributed by atoms with van der Waals surface area (Å²) in [4.78, 5) is 17.2. The maximum Gasteiger partial charge on any atom is 0.250 e. The second kappa shape index (κ2) is 8.87. The van der Waals surface area contributed by atoms with Gasteiger partial charge in [0.2, 0.25) is 4.96 Å². The summed E-state index contributed by atoms with van der Waals surface area (Å²) in [5.74, 6) is 0.670. The minimum atomic E-state index is -0.329. The summed E-state index contributed by atoms with van der Waals surface area (Å²) in [5.41, 5.74) is 2.37. The van der Waals surface area contributed by atoms with Gasteiger partial charge < -0.3 is 4.74 Å². The molecular weight excluding hydrogens is 443 g/mol. The molecule has 0 spiro atoms. The molecule has 2 aromatic heterocycles. The van der Waals surface area contributed by atoms with Crippen molar-refractivity contribution in [2.24, 2.45) is 0 Å². The Labute approximate surface area is 186 Å². The van der Waals surface area contributed by atoms with E-state index in [-0.39, 0.29) is 11.9 Å². The van der Waals surface area contributed by atoms with Gasteiger partial charge in [0.05, 0.1) is 17.3 Å². The van der Waals surface area contributed by atoms with E-state index in [1.807, 2.05) is 36.6 Å². The van der Waals surface area contributed by atoms with Crippen molar-refractivity contribution >= 4 is 57.4 Å². The molecule has 1 amide bonds. The van der Waals surface area contributed by atoms with Crippen molar-refractivity contribution < 1.29 is 9.53 Å². The first kappa shape index (κ1) is 20.4. The summed E-state index contributed by atoms with van der Waals surface area (Å²) >= 11 is 13.8. The molecule has 0 bridgehead atoms. The molecule has 1 N–H and O–H groups in total. The van der Waals surface area contributed by atoms with Crippen LogP contribution in [0.25, 0.3) is 22.3 Å². The van der Waals surface area contributed by atoms with Crippen LogP contribution in [-0.4, -0.2) is 27.1 Å². The Hall–Kier alpha value is -2.87. The molecule has 2 heterocycles. The van der Waals surface area contributed by atoms with Crippen molar-refractivity contribution in [3.8, 4) is 17.0 Å². The number of benzene rings is 2. The van der Waals surface area contributed by atoms with E-state index in [2.05, 4.69) is 15.4 Å². The van der Waals surface area contributed by atoms with Crippen LogP contribution >= 0.6 is 34.5 Å². The number of amides is 1. The number of nitrogens with one attached hydrogen (secondary N) is 1. The number of nitrogens with zero attached hydrogens (tertiary/aromatic N) is 3. The molecule has 0 atom stereocenters. The van der Waals surface area contributed by atoms with Crippen molar-refractivity contribution in [1.29, 1.82) is 0 Å². The van der Waals surface area contributed by atoms with Crippen LogP contribution in [0.1, 0.15) is 12.5 Å². The fourth-order valence-corrected chi connectivity index (χ4v) is 3.99. The third-order valence-electron chi connectivity index (χ3n) is 4.14. The first-order valence-corrected chi connectivity index (χ1v) is 10.7. The van der Waals surface area contributed by atoms with Crippen LogP contribution in [0.2, 0.25) is 10.0 Å². The SMILES string of the molecule is CCOc1ccc(/C=C/C(=O)Nc2nc3scc(-c4cc(Cl)ccc4Cl)n3n2)cc1. The van der Waals surface area contributed by atoms with Crippen LogP contribution in [-0.2, 0) is 4.79 Å². The predicted molar refractivity (Wildman–Crippen MR) is 122 cm³/mol. The molecular formula is C21H16Cl2N4O2S. The van der Waals surface area contributed by atoms with E-state index < -0.39 is 0 Å².